The molecule has 0 unspecified atom stereocenters. The molecular formula is C24H15O2. The van der Waals surface area contributed by atoms with Crippen LogP contribution in [0.15, 0.2) is 91.0 Å². The van der Waals surface area contributed by atoms with Gasteiger partial charge in [0, 0.05) is 16.7 Å². The molecule has 0 saturated heterocycles. The highest BCUT2D eigenvalue weighted by Gasteiger charge is 2.19. The molecule has 2 heteroatoms. The Labute approximate surface area is 151 Å². The van der Waals surface area contributed by atoms with Gasteiger partial charge in [-0.3, -0.25) is 9.59 Å². The Morgan fingerprint density at radius 2 is 1.35 bits per heavy atom. The standard InChI is InChI=1S/C24H15O2/c25-16-23-20-12-5-4-10-18(20)14-15-22(23)24(26)21-13-7-6-11-19(21)17-8-2-1-3-9-17/h1-15H. The van der Waals surface area contributed by atoms with Gasteiger partial charge in [-0.2, -0.15) is 0 Å². The molecule has 1 radical (unpaired) electrons. The summed E-state index contributed by atoms with van der Waals surface area (Å²) < 4.78 is 0. The summed E-state index contributed by atoms with van der Waals surface area (Å²) in [4.78, 5) is 24.9. The van der Waals surface area contributed by atoms with Gasteiger partial charge in [0.15, 0.2) is 5.78 Å². The number of hydrogen-bond donors (Lipinski definition) is 0. The van der Waals surface area contributed by atoms with E-state index in [4.69, 9.17) is 0 Å². The third kappa shape index (κ3) is 2.72. The van der Waals surface area contributed by atoms with Gasteiger partial charge in [0.25, 0.3) is 0 Å². The summed E-state index contributed by atoms with van der Waals surface area (Å²) in [7, 11) is 0. The van der Waals surface area contributed by atoms with Crippen molar-refractivity contribution in [2.45, 2.75) is 0 Å². The summed E-state index contributed by atoms with van der Waals surface area (Å²) in [5, 5.41) is 1.66. The van der Waals surface area contributed by atoms with E-state index in [0.717, 1.165) is 21.9 Å². The van der Waals surface area contributed by atoms with Crippen molar-refractivity contribution in [2.75, 3.05) is 0 Å². The monoisotopic (exact) mass is 335 g/mol. The molecule has 0 bridgehead atoms. The lowest BCUT2D eigenvalue weighted by atomic mass is 9.90. The van der Waals surface area contributed by atoms with Gasteiger partial charge >= 0.3 is 0 Å². The van der Waals surface area contributed by atoms with Gasteiger partial charge in [-0.15, -0.1) is 0 Å². The quantitative estimate of drug-likeness (QED) is 0.481. The number of ketones is 1. The Kier molecular flexibility index (Phi) is 4.16. The Morgan fingerprint density at radius 1 is 0.654 bits per heavy atom. The Hall–Kier alpha value is -3.52. The van der Waals surface area contributed by atoms with Crippen LogP contribution in [-0.2, 0) is 4.79 Å². The van der Waals surface area contributed by atoms with Crippen molar-refractivity contribution >= 4 is 22.8 Å². The Bertz CT molecular complexity index is 1110. The first-order valence-electron chi connectivity index (χ1n) is 8.38. The van der Waals surface area contributed by atoms with E-state index in [9.17, 15) is 9.59 Å². The normalized spacial score (nSPS) is 10.6. The van der Waals surface area contributed by atoms with Crippen molar-refractivity contribution in [1.82, 2.24) is 0 Å². The van der Waals surface area contributed by atoms with Crippen molar-refractivity contribution in [3.8, 4) is 11.1 Å². The van der Waals surface area contributed by atoms with E-state index in [1.807, 2.05) is 85.1 Å². The number of hydrogen-bond acceptors (Lipinski definition) is 2. The van der Waals surface area contributed by atoms with Gasteiger partial charge in [0.05, 0.1) is 0 Å². The van der Waals surface area contributed by atoms with Crippen LogP contribution in [0.5, 0.6) is 0 Å². The maximum absolute atomic E-state index is 13.3. The average molecular weight is 335 g/mol. The lowest BCUT2D eigenvalue weighted by Gasteiger charge is -2.11. The highest BCUT2D eigenvalue weighted by atomic mass is 16.1. The fourth-order valence-electron chi connectivity index (χ4n) is 3.27. The summed E-state index contributed by atoms with van der Waals surface area (Å²) in [5.41, 5.74) is 3.08. The maximum Gasteiger partial charge on any atom is 0.234 e. The van der Waals surface area contributed by atoms with E-state index < -0.39 is 0 Å². The third-order valence-corrected chi connectivity index (χ3v) is 4.53. The molecule has 0 aliphatic heterocycles. The van der Waals surface area contributed by atoms with Crippen molar-refractivity contribution in [3.63, 3.8) is 0 Å². The number of carbonyl (C=O) groups is 1. The van der Waals surface area contributed by atoms with Crippen LogP contribution < -0.4 is 0 Å². The molecule has 0 spiro atoms. The second-order valence-electron chi connectivity index (χ2n) is 6.05. The number of rotatable bonds is 4. The van der Waals surface area contributed by atoms with Crippen LogP contribution in [0.2, 0.25) is 0 Å². The Balaban J connectivity index is 1.90. The molecule has 26 heavy (non-hydrogen) atoms. The SMILES string of the molecule is O=[C]c1c(C(=O)c2ccccc2-c2ccccc2)ccc2ccccc12. The maximum atomic E-state index is 13.3. The van der Waals surface area contributed by atoms with Gasteiger partial charge in [0.1, 0.15) is 0 Å². The molecule has 4 aromatic rings. The molecule has 0 aliphatic carbocycles. The molecule has 0 heterocycles. The van der Waals surface area contributed by atoms with Crippen molar-refractivity contribution in [2.24, 2.45) is 0 Å². The van der Waals surface area contributed by atoms with Crippen LogP contribution in [0, 0.1) is 0 Å². The summed E-state index contributed by atoms with van der Waals surface area (Å²) in [5.74, 6) is -0.173. The highest BCUT2D eigenvalue weighted by molar-refractivity contribution is 6.19. The molecule has 4 aromatic carbocycles. The van der Waals surface area contributed by atoms with Crippen molar-refractivity contribution < 1.29 is 9.59 Å². The zero-order chi connectivity index (χ0) is 17.9. The molecular weight excluding hydrogens is 320 g/mol. The summed E-state index contributed by atoms with van der Waals surface area (Å²) in [6.07, 6.45) is 1.98. The number of carbonyl (C=O) groups excluding carboxylic acids is 2. The van der Waals surface area contributed by atoms with Crippen LogP contribution in [0.3, 0.4) is 0 Å². The molecule has 0 saturated carbocycles. The second-order valence-corrected chi connectivity index (χ2v) is 6.05. The predicted octanol–water partition coefficient (Wildman–Crippen LogP) is 5.20. The van der Waals surface area contributed by atoms with Crippen LogP contribution in [0.25, 0.3) is 21.9 Å². The summed E-state index contributed by atoms with van der Waals surface area (Å²) >= 11 is 0. The average Bonchev–Trinajstić information content (AvgIpc) is 2.73. The van der Waals surface area contributed by atoms with Gasteiger partial charge in [-0.1, -0.05) is 84.9 Å². The fraction of sp³-hybridized carbons (Fsp3) is 0. The number of benzene rings is 4. The van der Waals surface area contributed by atoms with E-state index in [1.165, 1.54) is 0 Å². The molecule has 2 nitrogen and oxygen atoms in total. The largest absolute Gasteiger partial charge is 0.289 e. The van der Waals surface area contributed by atoms with Gasteiger partial charge in [-0.05, 0) is 28.0 Å². The first kappa shape index (κ1) is 16.0. The molecule has 0 aromatic heterocycles. The third-order valence-electron chi connectivity index (χ3n) is 4.53. The van der Waals surface area contributed by atoms with E-state index >= 15 is 0 Å². The molecule has 0 amide bonds. The lowest BCUT2D eigenvalue weighted by molar-refractivity contribution is 0.103. The van der Waals surface area contributed by atoms with E-state index in [-0.39, 0.29) is 5.78 Å². The molecule has 0 fully saturated rings. The molecule has 0 aliphatic rings. The zero-order valence-corrected chi connectivity index (χ0v) is 14.0. The van der Waals surface area contributed by atoms with Gasteiger partial charge in [0.2, 0.25) is 6.29 Å². The van der Waals surface area contributed by atoms with E-state index in [0.29, 0.717) is 16.7 Å². The minimum Gasteiger partial charge on any atom is -0.289 e. The van der Waals surface area contributed by atoms with Crippen LogP contribution in [-0.4, -0.2) is 12.1 Å². The summed E-state index contributed by atoms with van der Waals surface area (Å²) in [6, 6.07) is 28.3. The summed E-state index contributed by atoms with van der Waals surface area (Å²) in [6.45, 7) is 0. The topological polar surface area (TPSA) is 34.1 Å². The predicted molar refractivity (Wildman–Crippen MR) is 104 cm³/mol. The number of fused-ring (bicyclic) bond motifs is 1. The van der Waals surface area contributed by atoms with E-state index in [2.05, 4.69) is 0 Å². The first-order chi connectivity index (χ1) is 12.8. The van der Waals surface area contributed by atoms with Gasteiger partial charge < -0.3 is 0 Å². The smallest absolute Gasteiger partial charge is 0.234 e. The van der Waals surface area contributed by atoms with Crippen LogP contribution >= 0.6 is 0 Å². The van der Waals surface area contributed by atoms with Crippen molar-refractivity contribution in [1.29, 1.82) is 0 Å². The molecule has 0 N–H and O–H groups in total. The minimum atomic E-state index is -0.173. The molecule has 4 rings (SSSR count). The van der Waals surface area contributed by atoms with Gasteiger partial charge in [-0.25, -0.2) is 0 Å². The molecule has 0 atom stereocenters. The first-order valence-corrected chi connectivity index (χ1v) is 8.38. The van der Waals surface area contributed by atoms with Crippen molar-refractivity contribution in [3.05, 3.63) is 108 Å². The van der Waals surface area contributed by atoms with Crippen LogP contribution in [0.1, 0.15) is 21.5 Å². The fourth-order valence-corrected chi connectivity index (χ4v) is 3.27. The lowest BCUT2D eigenvalue weighted by Crippen LogP contribution is -2.07. The zero-order valence-electron chi connectivity index (χ0n) is 14.0. The second kappa shape index (κ2) is 6.77. The van der Waals surface area contributed by atoms with Crippen LogP contribution in [0.4, 0.5) is 0 Å². The van der Waals surface area contributed by atoms with E-state index in [1.54, 1.807) is 12.1 Å². The Morgan fingerprint density at radius 3 is 2.15 bits per heavy atom. The highest BCUT2D eigenvalue weighted by Crippen LogP contribution is 2.28. The molecule has 123 valence electrons. The minimum absolute atomic E-state index is 0.173.